The number of nitrogens with zero attached hydrogens (tertiary/aromatic N) is 1. The van der Waals surface area contributed by atoms with Gasteiger partial charge in [-0.15, -0.1) is 0 Å². The standard InChI is InChI=1S/C28H39NO5/c1-18(30)29(15-14-19-10-12-21(13-11-19)34-28(8,9)25(32)33)20-16-22(26(2,3)4)24(31)23(17-20)27(5,6)7/h10-13,16-17,31H,14-15H2,1-9H3,(H,32,33). The van der Waals surface area contributed by atoms with E-state index in [9.17, 15) is 19.8 Å². The van der Waals surface area contributed by atoms with Gasteiger partial charge in [0.25, 0.3) is 0 Å². The Kier molecular flexibility index (Phi) is 7.76. The summed E-state index contributed by atoms with van der Waals surface area (Å²) >= 11 is 0. The molecule has 186 valence electrons. The second-order valence-corrected chi connectivity index (χ2v) is 11.4. The predicted molar refractivity (Wildman–Crippen MR) is 136 cm³/mol. The number of rotatable bonds is 7. The molecule has 0 spiro atoms. The monoisotopic (exact) mass is 469 g/mol. The van der Waals surface area contributed by atoms with Crippen LogP contribution in [0.3, 0.4) is 0 Å². The highest BCUT2D eigenvalue weighted by Gasteiger charge is 2.30. The number of carboxylic acids is 1. The Hall–Kier alpha value is -3.02. The average molecular weight is 470 g/mol. The Morgan fingerprint density at radius 1 is 0.882 bits per heavy atom. The largest absolute Gasteiger partial charge is 0.507 e. The molecule has 6 heteroatoms. The number of aromatic hydroxyl groups is 1. The molecule has 2 N–H and O–H groups in total. The van der Waals surface area contributed by atoms with Crippen LogP contribution in [-0.4, -0.2) is 34.2 Å². The SMILES string of the molecule is CC(=O)N(CCc1ccc(OC(C)(C)C(=O)O)cc1)c1cc(C(C)(C)C)c(O)c(C(C)(C)C)c1. The van der Waals surface area contributed by atoms with Gasteiger partial charge in [-0.25, -0.2) is 4.79 Å². The normalized spacial score (nSPS) is 12.4. The van der Waals surface area contributed by atoms with Crippen LogP contribution in [0, 0.1) is 0 Å². The first-order chi connectivity index (χ1) is 15.4. The number of benzene rings is 2. The summed E-state index contributed by atoms with van der Waals surface area (Å²) in [6.07, 6.45) is 0.610. The van der Waals surface area contributed by atoms with Gasteiger partial charge >= 0.3 is 5.97 Å². The highest BCUT2D eigenvalue weighted by atomic mass is 16.5. The number of phenols is 1. The number of hydrogen-bond donors (Lipinski definition) is 2. The van der Waals surface area contributed by atoms with Gasteiger partial charge in [-0.1, -0.05) is 53.7 Å². The molecule has 0 aliphatic heterocycles. The van der Waals surface area contributed by atoms with Crippen LogP contribution in [0.5, 0.6) is 11.5 Å². The summed E-state index contributed by atoms with van der Waals surface area (Å²) in [5, 5.41) is 20.2. The van der Waals surface area contributed by atoms with E-state index in [2.05, 4.69) is 0 Å². The summed E-state index contributed by atoms with van der Waals surface area (Å²) in [4.78, 5) is 25.7. The fraction of sp³-hybridized carbons (Fsp3) is 0.500. The molecule has 0 heterocycles. The van der Waals surface area contributed by atoms with Crippen LogP contribution in [0.2, 0.25) is 0 Å². The van der Waals surface area contributed by atoms with Crippen LogP contribution in [0.15, 0.2) is 36.4 Å². The molecule has 0 saturated carbocycles. The molecule has 0 bridgehead atoms. The van der Waals surface area contributed by atoms with Gasteiger partial charge in [0.2, 0.25) is 5.91 Å². The maximum Gasteiger partial charge on any atom is 0.347 e. The lowest BCUT2D eigenvalue weighted by Gasteiger charge is -2.31. The van der Waals surface area contributed by atoms with Crippen molar-refractivity contribution in [3.63, 3.8) is 0 Å². The summed E-state index contributed by atoms with van der Waals surface area (Å²) in [5.41, 5.74) is 1.49. The van der Waals surface area contributed by atoms with Crippen LogP contribution in [-0.2, 0) is 26.8 Å². The lowest BCUT2D eigenvalue weighted by atomic mass is 9.79. The summed E-state index contributed by atoms with van der Waals surface area (Å²) in [5.74, 6) is -0.352. The number of aliphatic carboxylic acids is 1. The highest BCUT2D eigenvalue weighted by molar-refractivity contribution is 5.92. The van der Waals surface area contributed by atoms with Crippen molar-refractivity contribution in [2.75, 3.05) is 11.4 Å². The maximum absolute atomic E-state index is 12.6. The number of anilines is 1. The van der Waals surface area contributed by atoms with E-state index < -0.39 is 11.6 Å². The van der Waals surface area contributed by atoms with Gasteiger partial charge in [0.05, 0.1) is 0 Å². The van der Waals surface area contributed by atoms with Gasteiger partial charge in [-0.05, 0) is 60.9 Å². The molecule has 0 saturated heterocycles. The zero-order chi connectivity index (χ0) is 26.1. The van der Waals surface area contributed by atoms with Crippen molar-refractivity contribution in [2.24, 2.45) is 0 Å². The van der Waals surface area contributed by atoms with Crippen LogP contribution in [0.25, 0.3) is 0 Å². The van der Waals surface area contributed by atoms with E-state index in [1.165, 1.54) is 13.8 Å². The number of ether oxygens (including phenoxy) is 1. The Morgan fingerprint density at radius 3 is 1.74 bits per heavy atom. The van der Waals surface area contributed by atoms with Gasteiger partial charge in [0, 0.05) is 30.3 Å². The minimum absolute atomic E-state index is 0.0754. The Labute approximate surface area is 203 Å². The molecular formula is C28H39NO5. The zero-order valence-electron chi connectivity index (χ0n) is 21.9. The molecule has 6 nitrogen and oxygen atoms in total. The average Bonchev–Trinajstić information content (AvgIpc) is 2.67. The van der Waals surface area contributed by atoms with Crippen molar-refractivity contribution >= 4 is 17.6 Å². The lowest BCUT2D eigenvalue weighted by Crippen LogP contribution is -2.37. The minimum Gasteiger partial charge on any atom is -0.507 e. The van der Waals surface area contributed by atoms with E-state index in [4.69, 9.17) is 4.74 Å². The Morgan fingerprint density at radius 2 is 1.35 bits per heavy atom. The summed E-state index contributed by atoms with van der Waals surface area (Å²) in [6.45, 7) is 17.3. The molecule has 0 fully saturated rings. The van der Waals surface area contributed by atoms with Crippen molar-refractivity contribution in [3.05, 3.63) is 53.1 Å². The number of carbonyl (C=O) groups excluding carboxylic acids is 1. The second kappa shape index (κ2) is 9.69. The highest BCUT2D eigenvalue weighted by Crippen LogP contribution is 2.42. The molecule has 0 atom stereocenters. The molecular weight excluding hydrogens is 430 g/mol. The van der Waals surface area contributed by atoms with Crippen molar-refractivity contribution in [1.82, 2.24) is 0 Å². The number of amides is 1. The Bertz CT molecular complexity index is 1000. The first-order valence-corrected chi connectivity index (χ1v) is 11.6. The summed E-state index contributed by atoms with van der Waals surface area (Å²) < 4.78 is 5.56. The molecule has 0 radical (unpaired) electrons. The molecule has 2 rings (SSSR count). The minimum atomic E-state index is -1.32. The molecule has 0 aliphatic carbocycles. The third-order valence-electron chi connectivity index (χ3n) is 5.84. The molecule has 0 aromatic heterocycles. The fourth-order valence-corrected chi connectivity index (χ4v) is 3.69. The number of phenolic OH excluding ortho intramolecular Hbond substituents is 1. The van der Waals surface area contributed by atoms with Gasteiger partial charge in [-0.3, -0.25) is 4.79 Å². The smallest absolute Gasteiger partial charge is 0.347 e. The van der Waals surface area contributed by atoms with Crippen LogP contribution in [0.4, 0.5) is 5.69 Å². The van der Waals surface area contributed by atoms with E-state index in [0.29, 0.717) is 18.7 Å². The third-order valence-corrected chi connectivity index (χ3v) is 5.84. The van der Waals surface area contributed by atoms with Gasteiger partial charge < -0.3 is 19.8 Å². The molecule has 34 heavy (non-hydrogen) atoms. The fourth-order valence-electron chi connectivity index (χ4n) is 3.69. The van der Waals surface area contributed by atoms with Gasteiger partial charge in [0.15, 0.2) is 5.60 Å². The van der Waals surface area contributed by atoms with Crippen molar-refractivity contribution in [2.45, 2.75) is 85.2 Å². The van der Waals surface area contributed by atoms with E-state index in [0.717, 1.165) is 22.4 Å². The lowest BCUT2D eigenvalue weighted by molar-refractivity contribution is -0.152. The van der Waals surface area contributed by atoms with Gasteiger partial charge in [-0.2, -0.15) is 0 Å². The molecule has 2 aromatic carbocycles. The molecule has 0 aliphatic rings. The zero-order valence-corrected chi connectivity index (χ0v) is 21.9. The van der Waals surface area contributed by atoms with Crippen LogP contribution < -0.4 is 9.64 Å². The van der Waals surface area contributed by atoms with Crippen molar-refractivity contribution in [1.29, 1.82) is 0 Å². The molecule has 1 amide bonds. The third kappa shape index (κ3) is 6.52. The van der Waals surface area contributed by atoms with E-state index in [1.54, 1.807) is 24.0 Å². The second-order valence-electron chi connectivity index (χ2n) is 11.4. The maximum atomic E-state index is 12.6. The molecule has 2 aromatic rings. The van der Waals surface area contributed by atoms with Crippen LogP contribution >= 0.6 is 0 Å². The summed E-state index contributed by atoms with van der Waals surface area (Å²) in [6, 6.07) is 11.1. The number of hydrogen-bond acceptors (Lipinski definition) is 4. The number of carbonyl (C=O) groups is 2. The topological polar surface area (TPSA) is 87.1 Å². The first kappa shape index (κ1) is 27.2. The van der Waals surface area contributed by atoms with Crippen molar-refractivity contribution < 1.29 is 24.5 Å². The summed E-state index contributed by atoms with van der Waals surface area (Å²) in [7, 11) is 0. The van der Waals surface area contributed by atoms with Crippen LogP contribution in [0.1, 0.15) is 79.0 Å². The number of carboxylic acid groups (broad SMARTS) is 1. The van der Waals surface area contributed by atoms with E-state index in [-0.39, 0.29) is 22.5 Å². The van der Waals surface area contributed by atoms with Crippen molar-refractivity contribution in [3.8, 4) is 11.5 Å². The quantitative estimate of drug-likeness (QED) is 0.533. The first-order valence-electron chi connectivity index (χ1n) is 11.6. The van der Waals surface area contributed by atoms with E-state index in [1.807, 2.05) is 65.8 Å². The van der Waals surface area contributed by atoms with Gasteiger partial charge in [0.1, 0.15) is 11.5 Å². The predicted octanol–water partition coefficient (Wildman–Crippen LogP) is 5.82. The Balaban J connectivity index is 2.33. The molecule has 0 unspecified atom stereocenters. The van der Waals surface area contributed by atoms with E-state index >= 15 is 0 Å².